The largest absolute Gasteiger partial charge is 0.322 e. The van der Waals surface area contributed by atoms with Gasteiger partial charge in [-0.25, -0.2) is 9.55 Å². The summed E-state index contributed by atoms with van der Waals surface area (Å²) < 4.78 is 24.9. The second-order valence-corrected chi connectivity index (χ2v) is 2.72. The number of nitrogens with zero attached hydrogens (tertiary/aromatic N) is 2. The molecule has 0 aliphatic rings. The van der Waals surface area contributed by atoms with Crippen LogP contribution in [0.4, 0.5) is 8.78 Å². The molecule has 0 unspecified atom stereocenters. The van der Waals surface area contributed by atoms with Crippen LogP contribution in [-0.2, 0) is 6.42 Å². The van der Waals surface area contributed by atoms with Gasteiger partial charge in [0.2, 0.25) is 0 Å². The SMILES string of the molecule is CCc1nc(Cl)cc(=O)n1C(F)F. The summed E-state index contributed by atoms with van der Waals surface area (Å²) in [6.07, 6.45) is 0.236. The van der Waals surface area contributed by atoms with Crippen LogP contribution < -0.4 is 5.56 Å². The van der Waals surface area contributed by atoms with Gasteiger partial charge in [-0.15, -0.1) is 0 Å². The van der Waals surface area contributed by atoms with E-state index < -0.39 is 12.1 Å². The van der Waals surface area contributed by atoms with Crippen molar-refractivity contribution in [3.63, 3.8) is 0 Å². The van der Waals surface area contributed by atoms with E-state index in [1.54, 1.807) is 6.92 Å². The molecule has 0 aromatic carbocycles. The Hall–Kier alpha value is -0.970. The summed E-state index contributed by atoms with van der Waals surface area (Å²) in [5.74, 6) is -0.00694. The molecule has 1 aromatic heterocycles. The number of aryl methyl sites for hydroxylation is 1. The Morgan fingerprint density at radius 1 is 1.69 bits per heavy atom. The second-order valence-electron chi connectivity index (χ2n) is 2.33. The summed E-state index contributed by atoms with van der Waals surface area (Å²) in [4.78, 5) is 14.6. The van der Waals surface area contributed by atoms with Crippen LogP contribution in [0.2, 0.25) is 5.15 Å². The monoisotopic (exact) mass is 208 g/mol. The third-order valence-corrected chi connectivity index (χ3v) is 1.70. The zero-order valence-corrected chi connectivity index (χ0v) is 7.55. The zero-order chi connectivity index (χ0) is 10.0. The Balaban J connectivity index is 3.39. The van der Waals surface area contributed by atoms with Crippen molar-refractivity contribution < 1.29 is 8.78 Å². The Morgan fingerprint density at radius 3 is 2.77 bits per heavy atom. The van der Waals surface area contributed by atoms with Gasteiger partial charge in [0.25, 0.3) is 5.56 Å². The molecule has 0 fully saturated rings. The second kappa shape index (κ2) is 3.83. The maximum atomic E-state index is 12.3. The molecule has 0 aliphatic carbocycles. The standard InChI is InChI=1S/C7H7ClF2N2O/c1-2-5-11-4(8)3-6(13)12(5)7(9)10/h3,7H,2H2,1H3. The Morgan fingerprint density at radius 2 is 2.31 bits per heavy atom. The lowest BCUT2D eigenvalue weighted by Gasteiger charge is -2.08. The fraction of sp³-hybridized carbons (Fsp3) is 0.429. The maximum Gasteiger partial charge on any atom is 0.322 e. The smallest absolute Gasteiger partial charge is 0.269 e. The molecular formula is C7H7ClF2N2O. The van der Waals surface area contributed by atoms with Gasteiger partial charge in [-0.2, -0.15) is 8.78 Å². The molecule has 72 valence electrons. The number of hydrogen-bond donors (Lipinski definition) is 0. The van der Waals surface area contributed by atoms with Crippen molar-refractivity contribution in [1.82, 2.24) is 9.55 Å². The molecule has 0 saturated heterocycles. The van der Waals surface area contributed by atoms with Crippen LogP contribution in [0.1, 0.15) is 19.3 Å². The van der Waals surface area contributed by atoms with Crippen molar-refractivity contribution in [2.45, 2.75) is 19.9 Å². The number of rotatable bonds is 2. The lowest BCUT2D eigenvalue weighted by atomic mass is 10.4. The van der Waals surface area contributed by atoms with E-state index in [4.69, 9.17) is 11.6 Å². The van der Waals surface area contributed by atoms with E-state index in [0.717, 1.165) is 6.07 Å². The van der Waals surface area contributed by atoms with E-state index in [2.05, 4.69) is 4.98 Å². The summed E-state index contributed by atoms with van der Waals surface area (Å²) in [6.45, 7) is -1.25. The van der Waals surface area contributed by atoms with E-state index >= 15 is 0 Å². The highest BCUT2D eigenvalue weighted by Crippen LogP contribution is 2.11. The number of hydrogen-bond acceptors (Lipinski definition) is 2. The molecule has 0 N–H and O–H groups in total. The van der Waals surface area contributed by atoms with Crippen LogP contribution in [-0.4, -0.2) is 9.55 Å². The molecular weight excluding hydrogens is 202 g/mol. The third-order valence-electron chi connectivity index (χ3n) is 1.51. The van der Waals surface area contributed by atoms with Crippen LogP contribution in [0.15, 0.2) is 10.9 Å². The molecule has 0 aliphatic heterocycles. The highest BCUT2D eigenvalue weighted by Gasteiger charge is 2.13. The van der Waals surface area contributed by atoms with Crippen molar-refractivity contribution in [2.24, 2.45) is 0 Å². The third kappa shape index (κ3) is 2.03. The molecule has 0 radical (unpaired) electrons. The quantitative estimate of drug-likeness (QED) is 0.696. The van der Waals surface area contributed by atoms with Gasteiger partial charge in [0.1, 0.15) is 11.0 Å². The van der Waals surface area contributed by atoms with Gasteiger partial charge >= 0.3 is 6.55 Å². The number of halogens is 3. The molecule has 1 aromatic rings. The summed E-state index contributed by atoms with van der Waals surface area (Å²) >= 11 is 5.44. The Labute approximate surface area is 78.0 Å². The molecule has 1 heterocycles. The van der Waals surface area contributed by atoms with E-state index in [1.165, 1.54) is 0 Å². The zero-order valence-electron chi connectivity index (χ0n) is 6.80. The minimum absolute atomic E-state index is 0.00694. The van der Waals surface area contributed by atoms with Gasteiger partial charge < -0.3 is 0 Å². The van der Waals surface area contributed by atoms with Gasteiger partial charge in [0.05, 0.1) is 0 Å². The first kappa shape index (κ1) is 10.1. The van der Waals surface area contributed by atoms with Crippen molar-refractivity contribution in [3.8, 4) is 0 Å². The number of aromatic nitrogens is 2. The van der Waals surface area contributed by atoms with Gasteiger partial charge in [0, 0.05) is 12.5 Å². The fourth-order valence-electron chi connectivity index (χ4n) is 0.966. The van der Waals surface area contributed by atoms with E-state index in [9.17, 15) is 13.6 Å². The van der Waals surface area contributed by atoms with Crippen LogP contribution in [0, 0.1) is 0 Å². The molecule has 13 heavy (non-hydrogen) atoms. The lowest BCUT2D eigenvalue weighted by Crippen LogP contribution is -2.24. The summed E-state index contributed by atoms with van der Waals surface area (Å²) in [5.41, 5.74) is -0.827. The van der Waals surface area contributed by atoms with E-state index in [-0.39, 0.29) is 17.4 Å². The molecule has 6 heteroatoms. The van der Waals surface area contributed by atoms with E-state index in [0.29, 0.717) is 4.57 Å². The predicted molar refractivity (Wildman–Crippen MR) is 44.1 cm³/mol. The molecule has 0 amide bonds. The van der Waals surface area contributed by atoms with Gasteiger partial charge in [-0.1, -0.05) is 18.5 Å². The molecule has 0 atom stereocenters. The van der Waals surface area contributed by atoms with Crippen molar-refractivity contribution in [2.75, 3.05) is 0 Å². The van der Waals surface area contributed by atoms with E-state index in [1.807, 2.05) is 0 Å². The maximum absolute atomic E-state index is 12.3. The minimum atomic E-state index is -2.87. The van der Waals surface area contributed by atoms with Crippen molar-refractivity contribution >= 4 is 11.6 Å². The lowest BCUT2D eigenvalue weighted by molar-refractivity contribution is 0.0618. The Kier molecular flexibility index (Phi) is 2.98. The van der Waals surface area contributed by atoms with Gasteiger partial charge in [-0.3, -0.25) is 4.79 Å². The Bertz CT molecular complexity index is 364. The average molecular weight is 209 g/mol. The first-order chi connectivity index (χ1) is 6.06. The van der Waals surface area contributed by atoms with Gasteiger partial charge in [0.15, 0.2) is 0 Å². The molecule has 1 rings (SSSR count). The summed E-state index contributed by atoms with van der Waals surface area (Å²) in [6, 6.07) is 0.868. The molecule has 0 spiro atoms. The van der Waals surface area contributed by atoms with Crippen LogP contribution in [0.25, 0.3) is 0 Å². The van der Waals surface area contributed by atoms with Crippen LogP contribution in [0.3, 0.4) is 0 Å². The average Bonchev–Trinajstić information content (AvgIpc) is 2.01. The normalized spacial score (nSPS) is 10.8. The topological polar surface area (TPSA) is 34.9 Å². The minimum Gasteiger partial charge on any atom is -0.269 e. The first-order valence-corrected chi connectivity index (χ1v) is 4.00. The number of alkyl halides is 2. The summed E-state index contributed by atoms with van der Waals surface area (Å²) in [5, 5.41) is -0.0567. The van der Waals surface area contributed by atoms with Crippen molar-refractivity contribution in [3.05, 3.63) is 27.4 Å². The molecule has 3 nitrogen and oxygen atoms in total. The molecule has 0 bridgehead atoms. The fourth-order valence-corrected chi connectivity index (χ4v) is 1.16. The van der Waals surface area contributed by atoms with Crippen LogP contribution >= 0.6 is 11.6 Å². The van der Waals surface area contributed by atoms with Crippen LogP contribution in [0.5, 0.6) is 0 Å². The highest BCUT2D eigenvalue weighted by atomic mass is 35.5. The van der Waals surface area contributed by atoms with Crippen molar-refractivity contribution in [1.29, 1.82) is 0 Å². The first-order valence-electron chi connectivity index (χ1n) is 3.62. The predicted octanol–water partition coefficient (Wildman–Crippen LogP) is 1.85. The van der Waals surface area contributed by atoms with Gasteiger partial charge in [-0.05, 0) is 0 Å². The highest BCUT2D eigenvalue weighted by molar-refractivity contribution is 6.29. The molecule has 0 saturated carbocycles. The summed E-state index contributed by atoms with van der Waals surface area (Å²) in [7, 11) is 0.